The summed E-state index contributed by atoms with van der Waals surface area (Å²) in [6.07, 6.45) is -8.52. The highest BCUT2D eigenvalue weighted by Crippen LogP contribution is 2.32. The van der Waals surface area contributed by atoms with Crippen LogP contribution in [0.2, 0.25) is 0 Å². The van der Waals surface area contributed by atoms with Gasteiger partial charge < -0.3 is 54.8 Å². The Hall–Kier alpha value is -0.930. The summed E-state index contributed by atoms with van der Waals surface area (Å²) in [5.41, 5.74) is 0.0100. The molecule has 5 unspecified atom stereocenters. The molecule has 0 radical (unpaired) electrons. The molecule has 0 aromatic carbocycles. The van der Waals surface area contributed by atoms with Gasteiger partial charge in [-0.3, -0.25) is 0 Å². The van der Waals surface area contributed by atoms with E-state index in [-0.39, 0.29) is 10.5 Å². The predicted octanol–water partition coefficient (Wildman–Crippen LogP) is -3.08. The third-order valence-electron chi connectivity index (χ3n) is 4.39. The molecule has 1 aromatic rings. The maximum absolute atomic E-state index is 10.4. The lowest BCUT2D eigenvalue weighted by molar-refractivity contribution is -0.272. The molecule has 0 amide bonds. The van der Waals surface area contributed by atoms with Crippen molar-refractivity contribution in [2.75, 3.05) is 20.3 Å². The second-order valence-electron chi connectivity index (χ2n) is 6.04. The number of imidazole rings is 1. The minimum Gasteiger partial charge on any atom is -0.394 e. The van der Waals surface area contributed by atoms with Gasteiger partial charge in [0.2, 0.25) is 0 Å². The van der Waals surface area contributed by atoms with Gasteiger partial charge in [-0.2, -0.15) is 0 Å². The van der Waals surface area contributed by atoms with E-state index in [1.165, 1.54) is 17.9 Å². The number of nitrogens with zero attached hydrogens (tertiary/aromatic N) is 1. The Morgan fingerprint density at radius 2 is 1.92 bits per heavy atom. The van der Waals surface area contributed by atoms with Crippen molar-refractivity contribution in [3.05, 3.63) is 16.7 Å². The highest BCUT2D eigenvalue weighted by Gasteiger charge is 2.46. The number of nitrogens with one attached hydrogen (secondary N) is 1. The Bertz CT molecular complexity index is 636. The molecule has 2 heterocycles. The molecular formula is C14H24N2O9S. The summed E-state index contributed by atoms with van der Waals surface area (Å²) in [4.78, 5) is 2.63. The molecule has 0 spiro atoms. The lowest BCUT2D eigenvalue weighted by Gasteiger charge is -2.41. The average Bonchev–Trinajstić information content (AvgIpc) is 3.02. The second kappa shape index (κ2) is 8.84. The van der Waals surface area contributed by atoms with Gasteiger partial charge in [-0.1, -0.05) is 0 Å². The van der Waals surface area contributed by atoms with Gasteiger partial charge in [0.15, 0.2) is 11.1 Å². The summed E-state index contributed by atoms with van der Waals surface area (Å²) < 4.78 is 11.9. The number of methoxy groups -OCH3 is 1. The van der Waals surface area contributed by atoms with Crippen LogP contribution in [0.15, 0.2) is 6.20 Å². The first kappa shape index (κ1) is 21.4. The Morgan fingerprint density at radius 1 is 1.27 bits per heavy atom. The number of aromatic amines is 1. The van der Waals surface area contributed by atoms with Gasteiger partial charge in [-0.15, -0.1) is 0 Å². The summed E-state index contributed by atoms with van der Waals surface area (Å²) in [6.45, 7) is -1.28. The quantitative estimate of drug-likeness (QED) is 0.220. The molecule has 8 N–H and O–H groups in total. The summed E-state index contributed by atoms with van der Waals surface area (Å²) in [5, 5.41) is 68.0. The average molecular weight is 396 g/mol. The molecule has 0 saturated carbocycles. The van der Waals surface area contributed by atoms with Crippen molar-refractivity contribution >= 4 is 12.2 Å². The molecule has 1 saturated heterocycles. The van der Waals surface area contributed by atoms with Crippen molar-refractivity contribution in [1.82, 2.24) is 9.55 Å². The van der Waals surface area contributed by atoms with Crippen LogP contribution in [0.1, 0.15) is 17.8 Å². The standard InChI is InChI=1S/C14H24N2O9S/c1-24-13-8(12(23)11(22)7(4-18)25-13)16-2-5(15-14(16)26)9(20)10(21)6(19)3-17/h2,6-13,17-23H,3-4H2,1H3,(H,15,26)/t6-,7?,8?,9-,10-,11?,12?,13?/m1/s1. The fourth-order valence-corrected chi connectivity index (χ4v) is 3.15. The molecular weight excluding hydrogens is 372 g/mol. The Labute approximate surface area is 153 Å². The lowest BCUT2D eigenvalue weighted by Crippen LogP contribution is -2.56. The molecule has 1 aromatic heterocycles. The number of rotatable bonds is 7. The normalized spacial score (nSPS) is 33.0. The molecule has 11 nitrogen and oxygen atoms in total. The first-order chi connectivity index (χ1) is 12.3. The van der Waals surface area contributed by atoms with Crippen LogP contribution in [-0.2, 0) is 9.47 Å². The monoisotopic (exact) mass is 396 g/mol. The van der Waals surface area contributed by atoms with E-state index in [0.717, 1.165) is 0 Å². The highest BCUT2D eigenvalue weighted by molar-refractivity contribution is 7.71. The third-order valence-corrected chi connectivity index (χ3v) is 4.70. The van der Waals surface area contributed by atoms with Crippen LogP contribution in [0.5, 0.6) is 0 Å². The largest absolute Gasteiger partial charge is 0.394 e. The van der Waals surface area contributed by atoms with Crippen LogP contribution in [0.25, 0.3) is 0 Å². The Balaban J connectivity index is 2.33. The minimum atomic E-state index is -1.68. The number of aromatic nitrogens is 2. The number of hydrogen-bond acceptors (Lipinski definition) is 10. The summed E-state index contributed by atoms with van der Waals surface area (Å²) in [7, 11) is 1.31. The number of ether oxygens (including phenoxy) is 2. The van der Waals surface area contributed by atoms with Crippen LogP contribution in [0.3, 0.4) is 0 Å². The van der Waals surface area contributed by atoms with Gasteiger partial charge in [0.25, 0.3) is 0 Å². The van der Waals surface area contributed by atoms with Crippen molar-refractivity contribution in [1.29, 1.82) is 0 Å². The van der Waals surface area contributed by atoms with Crippen LogP contribution < -0.4 is 0 Å². The molecule has 150 valence electrons. The molecule has 1 aliphatic rings. The molecule has 1 fully saturated rings. The highest BCUT2D eigenvalue weighted by atomic mass is 32.1. The van der Waals surface area contributed by atoms with E-state index in [2.05, 4.69) is 4.98 Å². The molecule has 1 aliphatic heterocycles. The predicted molar refractivity (Wildman–Crippen MR) is 87.5 cm³/mol. The number of H-pyrrole nitrogens is 1. The van der Waals surface area contributed by atoms with E-state index in [1.807, 2.05) is 0 Å². The zero-order valence-corrected chi connectivity index (χ0v) is 14.7. The first-order valence-electron chi connectivity index (χ1n) is 7.88. The fourth-order valence-electron chi connectivity index (χ4n) is 2.86. The number of aliphatic hydroxyl groups excluding tert-OH is 7. The van der Waals surface area contributed by atoms with Crippen molar-refractivity contribution < 1.29 is 45.2 Å². The van der Waals surface area contributed by atoms with Gasteiger partial charge >= 0.3 is 0 Å². The molecule has 2 rings (SSSR count). The first-order valence-corrected chi connectivity index (χ1v) is 8.29. The van der Waals surface area contributed by atoms with Crippen molar-refractivity contribution in [3.8, 4) is 0 Å². The smallest absolute Gasteiger partial charge is 0.181 e. The Morgan fingerprint density at radius 3 is 2.46 bits per heavy atom. The lowest BCUT2D eigenvalue weighted by atomic mass is 9.97. The SMILES string of the molecule is COC1OC(CO)C(O)C(O)C1n1cc([C@@H](O)[C@H](O)[C@H](O)CO)[nH]c1=S. The van der Waals surface area contributed by atoms with Crippen molar-refractivity contribution in [3.63, 3.8) is 0 Å². The summed E-state index contributed by atoms with van der Waals surface area (Å²) >= 11 is 5.15. The van der Waals surface area contributed by atoms with Crippen LogP contribution in [-0.4, -0.2) is 102 Å². The second-order valence-corrected chi connectivity index (χ2v) is 6.43. The van der Waals surface area contributed by atoms with Gasteiger partial charge in [-0.05, 0) is 12.2 Å². The molecule has 26 heavy (non-hydrogen) atoms. The number of aliphatic hydroxyl groups is 7. The zero-order chi connectivity index (χ0) is 19.6. The van der Waals surface area contributed by atoms with Crippen LogP contribution >= 0.6 is 12.2 Å². The van der Waals surface area contributed by atoms with E-state index >= 15 is 0 Å². The maximum atomic E-state index is 10.4. The van der Waals surface area contributed by atoms with E-state index in [9.17, 15) is 30.6 Å². The summed E-state index contributed by atoms with van der Waals surface area (Å²) in [6, 6.07) is -1.01. The van der Waals surface area contributed by atoms with Gasteiger partial charge in [0, 0.05) is 13.3 Å². The fraction of sp³-hybridized carbons (Fsp3) is 0.786. The van der Waals surface area contributed by atoms with Gasteiger partial charge in [0.05, 0.1) is 18.9 Å². The Kier molecular flexibility index (Phi) is 7.27. The van der Waals surface area contributed by atoms with Gasteiger partial charge in [-0.25, -0.2) is 0 Å². The maximum Gasteiger partial charge on any atom is 0.181 e. The molecule has 8 atom stereocenters. The van der Waals surface area contributed by atoms with E-state index in [1.54, 1.807) is 0 Å². The summed E-state index contributed by atoms with van der Waals surface area (Å²) in [5.74, 6) is 0. The van der Waals surface area contributed by atoms with Crippen molar-refractivity contribution in [2.45, 2.75) is 49.0 Å². The molecule has 12 heteroatoms. The number of hydrogen-bond donors (Lipinski definition) is 8. The van der Waals surface area contributed by atoms with Crippen LogP contribution in [0, 0.1) is 4.77 Å². The third kappa shape index (κ3) is 3.99. The minimum absolute atomic E-state index is 0.0100. The van der Waals surface area contributed by atoms with E-state index in [4.69, 9.17) is 26.8 Å². The zero-order valence-electron chi connectivity index (χ0n) is 13.9. The molecule has 0 bridgehead atoms. The van der Waals surface area contributed by atoms with E-state index in [0.29, 0.717) is 0 Å². The van der Waals surface area contributed by atoms with Gasteiger partial charge in [0.1, 0.15) is 42.7 Å². The van der Waals surface area contributed by atoms with Crippen molar-refractivity contribution in [2.24, 2.45) is 0 Å². The van der Waals surface area contributed by atoms with Crippen LogP contribution in [0.4, 0.5) is 0 Å². The van der Waals surface area contributed by atoms with E-state index < -0.39 is 62.2 Å². The molecule has 0 aliphatic carbocycles. The topological polar surface area (TPSA) is 181 Å².